The third-order valence-corrected chi connectivity index (χ3v) is 2.98. The number of carbonyl (C=O) groups is 2. The van der Waals surface area contributed by atoms with Crippen molar-refractivity contribution >= 4 is 11.9 Å². The van der Waals surface area contributed by atoms with Crippen molar-refractivity contribution in [3.05, 3.63) is 16.8 Å². The third kappa shape index (κ3) is 4.74. The predicted molar refractivity (Wildman–Crippen MR) is 78.6 cm³/mol. The molecule has 0 fully saturated rings. The summed E-state index contributed by atoms with van der Waals surface area (Å²) in [5.74, 6) is -3.00. The largest absolute Gasteiger partial charge is 0.495 e. The Morgan fingerprint density at radius 3 is 2.08 bits per heavy atom. The molecule has 140 valence electrons. The quantitative estimate of drug-likeness (QED) is 0.686. The van der Waals surface area contributed by atoms with E-state index in [0.717, 1.165) is 14.2 Å². The minimum Gasteiger partial charge on any atom is -0.495 e. The minimum absolute atomic E-state index is 0.0717. The highest BCUT2D eigenvalue weighted by Gasteiger charge is 2.42. The van der Waals surface area contributed by atoms with Gasteiger partial charge in [-0.2, -0.15) is 13.2 Å². The second-order valence-electron chi connectivity index (χ2n) is 4.56. The first-order chi connectivity index (χ1) is 11.7. The van der Waals surface area contributed by atoms with E-state index in [4.69, 9.17) is 14.2 Å². The summed E-state index contributed by atoms with van der Waals surface area (Å²) in [4.78, 5) is 27.1. The highest BCUT2D eigenvalue weighted by Crippen LogP contribution is 2.40. The van der Waals surface area contributed by atoms with Crippen LogP contribution in [0.25, 0.3) is 0 Å². The summed E-state index contributed by atoms with van der Waals surface area (Å²) in [5, 5.41) is 0. The molecule has 0 aromatic carbocycles. The molecule has 0 atom stereocenters. The van der Waals surface area contributed by atoms with Crippen LogP contribution in [0.15, 0.2) is 0 Å². The average Bonchev–Trinajstić information content (AvgIpc) is 2.53. The number of methoxy groups -OCH3 is 2. The Balaban J connectivity index is 3.69. The molecule has 0 spiro atoms. The summed E-state index contributed by atoms with van der Waals surface area (Å²) in [6.07, 6.45) is -5.46. The third-order valence-electron chi connectivity index (χ3n) is 2.98. The van der Waals surface area contributed by atoms with Crippen LogP contribution in [0.1, 0.15) is 35.5 Å². The van der Waals surface area contributed by atoms with Gasteiger partial charge in [-0.25, -0.2) is 9.78 Å². The maximum atomic E-state index is 13.3. The van der Waals surface area contributed by atoms with Crippen molar-refractivity contribution in [2.24, 2.45) is 0 Å². The number of nitrogens with zero attached hydrogens (tertiary/aromatic N) is 1. The van der Waals surface area contributed by atoms with Gasteiger partial charge in [0.2, 0.25) is 5.88 Å². The number of aromatic nitrogens is 1. The molecule has 25 heavy (non-hydrogen) atoms. The fraction of sp³-hybridized carbons (Fsp3) is 0.533. The Kier molecular flexibility index (Phi) is 7.01. The maximum absolute atomic E-state index is 13.3. The Bertz CT molecular complexity index is 645. The molecule has 10 heteroatoms. The summed E-state index contributed by atoms with van der Waals surface area (Å²) >= 11 is 0. The molecule has 0 bridgehead atoms. The van der Waals surface area contributed by atoms with Gasteiger partial charge in [0.05, 0.1) is 39.4 Å². The van der Waals surface area contributed by atoms with Crippen LogP contribution < -0.4 is 9.47 Å². The van der Waals surface area contributed by atoms with Crippen molar-refractivity contribution in [3.8, 4) is 11.6 Å². The average molecular weight is 365 g/mol. The van der Waals surface area contributed by atoms with Gasteiger partial charge in [-0.05, 0) is 13.8 Å². The van der Waals surface area contributed by atoms with E-state index in [2.05, 4.69) is 9.72 Å². The number of hydrogen-bond acceptors (Lipinski definition) is 7. The molecule has 0 aliphatic heterocycles. The highest BCUT2D eigenvalue weighted by atomic mass is 19.4. The lowest BCUT2D eigenvalue weighted by Gasteiger charge is -2.19. The van der Waals surface area contributed by atoms with Crippen molar-refractivity contribution in [3.63, 3.8) is 0 Å². The van der Waals surface area contributed by atoms with Gasteiger partial charge in [0.15, 0.2) is 5.69 Å². The lowest BCUT2D eigenvalue weighted by atomic mass is 10.0. The van der Waals surface area contributed by atoms with Gasteiger partial charge in [0.1, 0.15) is 11.3 Å². The monoisotopic (exact) mass is 365 g/mol. The molecule has 0 saturated heterocycles. The summed E-state index contributed by atoms with van der Waals surface area (Å²) in [6, 6.07) is 0. The predicted octanol–water partition coefficient (Wildman–Crippen LogP) is 2.40. The Morgan fingerprint density at radius 1 is 1.04 bits per heavy atom. The number of hydrogen-bond donors (Lipinski definition) is 0. The van der Waals surface area contributed by atoms with Crippen LogP contribution in [-0.2, 0) is 26.9 Å². The van der Waals surface area contributed by atoms with Crippen molar-refractivity contribution in [2.75, 3.05) is 27.4 Å². The minimum atomic E-state index is -4.97. The van der Waals surface area contributed by atoms with Gasteiger partial charge in [-0.15, -0.1) is 0 Å². The van der Waals surface area contributed by atoms with E-state index in [1.54, 1.807) is 6.92 Å². The van der Waals surface area contributed by atoms with Crippen molar-refractivity contribution in [1.29, 1.82) is 0 Å². The van der Waals surface area contributed by atoms with E-state index < -0.39 is 47.4 Å². The van der Waals surface area contributed by atoms with Crippen LogP contribution >= 0.6 is 0 Å². The van der Waals surface area contributed by atoms with Crippen molar-refractivity contribution in [2.45, 2.75) is 26.4 Å². The highest BCUT2D eigenvalue weighted by molar-refractivity contribution is 5.95. The maximum Gasteiger partial charge on any atom is 0.434 e. The molecule has 0 unspecified atom stereocenters. The van der Waals surface area contributed by atoms with E-state index in [1.807, 2.05) is 0 Å². The number of esters is 2. The number of rotatable bonds is 7. The molecule has 0 saturated carbocycles. The normalized spacial score (nSPS) is 11.0. The number of pyridine rings is 1. The lowest BCUT2D eigenvalue weighted by molar-refractivity contribution is -0.142. The second kappa shape index (κ2) is 8.54. The molecule has 1 heterocycles. The molecule has 7 nitrogen and oxygen atoms in total. The van der Waals surface area contributed by atoms with Crippen LogP contribution in [0.5, 0.6) is 11.6 Å². The van der Waals surface area contributed by atoms with Crippen LogP contribution in [0, 0.1) is 0 Å². The zero-order valence-electron chi connectivity index (χ0n) is 14.2. The van der Waals surface area contributed by atoms with E-state index in [0.29, 0.717) is 0 Å². The van der Waals surface area contributed by atoms with Crippen LogP contribution in [-0.4, -0.2) is 44.4 Å². The first kappa shape index (κ1) is 20.5. The Labute approximate surface area is 142 Å². The van der Waals surface area contributed by atoms with Crippen LogP contribution in [0.2, 0.25) is 0 Å². The zero-order chi connectivity index (χ0) is 19.2. The zero-order valence-corrected chi connectivity index (χ0v) is 14.2. The van der Waals surface area contributed by atoms with Gasteiger partial charge in [-0.3, -0.25) is 4.79 Å². The van der Waals surface area contributed by atoms with Crippen molar-refractivity contribution < 1.29 is 41.7 Å². The van der Waals surface area contributed by atoms with Crippen LogP contribution in [0.3, 0.4) is 0 Å². The van der Waals surface area contributed by atoms with Gasteiger partial charge in [0, 0.05) is 0 Å². The Morgan fingerprint density at radius 2 is 1.64 bits per heavy atom. The summed E-state index contributed by atoms with van der Waals surface area (Å²) in [5.41, 5.74) is -2.58. The molecule has 1 aromatic heterocycles. The summed E-state index contributed by atoms with van der Waals surface area (Å²) in [7, 11) is 2.15. The smallest absolute Gasteiger partial charge is 0.434 e. The van der Waals surface area contributed by atoms with E-state index in [-0.39, 0.29) is 18.8 Å². The van der Waals surface area contributed by atoms with Crippen molar-refractivity contribution in [1.82, 2.24) is 4.98 Å². The molecular formula is C15H18F3NO6. The first-order valence-corrected chi connectivity index (χ1v) is 7.25. The van der Waals surface area contributed by atoms with Gasteiger partial charge in [0.25, 0.3) is 0 Å². The van der Waals surface area contributed by atoms with E-state index in [1.165, 1.54) is 6.92 Å². The molecule has 1 aromatic rings. The molecule has 0 radical (unpaired) electrons. The Hall–Kier alpha value is -2.52. The fourth-order valence-electron chi connectivity index (χ4n) is 2.08. The van der Waals surface area contributed by atoms with E-state index in [9.17, 15) is 22.8 Å². The lowest BCUT2D eigenvalue weighted by Crippen LogP contribution is -2.21. The number of ether oxygens (including phenoxy) is 4. The van der Waals surface area contributed by atoms with Gasteiger partial charge >= 0.3 is 18.1 Å². The molecular weight excluding hydrogens is 347 g/mol. The summed E-state index contributed by atoms with van der Waals surface area (Å²) in [6.45, 7) is 2.93. The molecule has 0 aliphatic rings. The number of halogens is 3. The standard InChI is InChI=1S/C15H18F3NO6/c1-5-24-9(20)7-8-11(22-3)10(14(21)25-6-2)12(15(16,17)18)19-13(8)23-4/h5-7H2,1-4H3. The number of carbonyl (C=O) groups excluding carboxylic acids is 2. The summed E-state index contributed by atoms with van der Waals surface area (Å²) < 4.78 is 59.2. The molecule has 0 amide bonds. The SMILES string of the molecule is CCOC(=O)Cc1c(OC)nc(C(F)(F)F)c(C(=O)OCC)c1OC. The number of alkyl halides is 3. The van der Waals surface area contributed by atoms with Gasteiger partial charge in [-0.1, -0.05) is 0 Å². The van der Waals surface area contributed by atoms with Crippen LogP contribution in [0.4, 0.5) is 13.2 Å². The molecule has 0 N–H and O–H groups in total. The van der Waals surface area contributed by atoms with Gasteiger partial charge < -0.3 is 18.9 Å². The molecule has 0 aliphatic carbocycles. The topological polar surface area (TPSA) is 84.0 Å². The first-order valence-electron chi connectivity index (χ1n) is 7.25. The fourth-order valence-corrected chi connectivity index (χ4v) is 2.08. The second-order valence-corrected chi connectivity index (χ2v) is 4.56. The molecule has 1 rings (SSSR count). The van der Waals surface area contributed by atoms with E-state index >= 15 is 0 Å².